The van der Waals surface area contributed by atoms with Crippen molar-refractivity contribution in [1.29, 1.82) is 0 Å². The SMILES string of the molecule is CC.CC1CC2CCCC1C2.CI. The molecule has 0 nitrogen and oxygen atoms in total. The van der Waals surface area contributed by atoms with Crippen LogP contribution < -0.4 is 0 Å². The highest BCUT2D eigenvalue weighted by Gasteiger charge is 2.33. The number of alkyl halides is 1. The predicted octanol–water partition coefficient (Wildman–Crippen LogP) is 4.91. The molecule has 0 amide bonds. The van der Waals surface area contributed by atoms with Crippen molar-refractivity contribution in [2.24, 2.45) is 17.8 Å². The Bertz CT molecular complexity index is 110. The van der Waals surface area contributed by atoms with E-state index < -0.39 is 0 Å². The minimum Gasteiger partial charge on any atom is -0.0901 e. The molecule has 0 radical (unpaired) electrons. The third-order valence-corrected chi connectivity index (χ3v) is 3.33. The van der Waals surface area contributed by atoms with Crippen LogP contribution in [0.15, 0.2) is 0 Å². The van der Waals surface area contributed by atoms with Gasteiger partial charge >= 0.3 is 0 Å². The zero-order chi connectivity index (χ0) is 10.3. The molecule has 2 aliphatic carbocycles. The van der Waals surface area contributed by atoms with E-state index in [1.54, 1.807) is 19.3 Å². The van der Waals surface area contributed by atoms with Crippen molar-refractivity contribution in [2.75, 3.05) is 4.93 Å². The van der Waals surface area contributed by atoms with Crippen LogP contribution in [0.3, 0.4) is 0 Å². The number of halogens is 1. The highest BCUT2D eigenvalue weighted by atomic mass is 127. The summed E-state index contributed by atoms with van der Waals surface area (Å²) >= 11 is 2.15. The van der Waals surface area contributed by atoms with Crippen LogP contribution in [0.2, 0.25) is 0 Å². The molecule has 0 aliphatic heterocycles. The summed E-state index contributed by atoms with van der Waals surface area (Å²) in [5.74, 6) is 3.33. The Kier molecular flexibility index (Phi) is 8.53. The first-order valence-corrected chi connectivity index (χ1v) is 7.90. The maximum absolute atomic E-state index is 2.44. The van der Waals surface area contributed by atoms with Crippen LogP contribution in [0, 0.1) is 17.8 Å². The molecular formula is C12H25I. The van der Waals surface area contributed by atoms with Gasteiger partial charge in [0.25, 0.3) is 0 Å². The lowest BCUT2D eigenvalue weighted by molar-refractivity contribution is 0.335. The molecule has 0 aromatic rings. The summed E-state index contributed by atoms with van der Waals surface area (Å²) in [5, 5.41) is 0. The van der Waals surface area contributed by atoms with Crippen molar-refractivity contribution in [3.8, 4) is 0 Å². The Morgan fingerprint density at radius 3 is 2.08 bits per heavy atom. The van der Waals surface area contributed by atoms with Crippen molar-refractivity contribution in [3.63, 3.8) is 0 Å². The number of fused-ring (bicyclic) bond motifs is 2. The molecule has 0 spiro atoms. The van der Waals surface area contributed by atoms with Gasteiger partial charge in [-0.2, -0.15) is 0 Å². The maximum Gasteiger partial charge on any atom is -0.0121 e. The summed E-state index contributed by atoms with van der Waals surface area (Å²) in [4.78, 5) is 1.97. The molecule has 2 bridgehead atoms. The summed E-state index contributed by atoms with van der Waals surface area (Å²) in [6, 6.07) is 0. The molecule has 3 atom stereocenters. The Morgan fingerprint density at radius 1 is 1.00 bits per heavy atom. The van der Waals surface area contributed by atoms with Gasteiger partial charge in [-0.1, -0.05) is 62.6 Å². The quantitative estimate of drug-likeness (QED) is 0.440. The third-order valence-electron chi connectivity index (χ3n) is 3.33. The summed E-state index contributed by atoms with van der Waals surface area (Å²) in [5.41, 5.74) is 0. The Balaban J connectivity index is 0.000000322. The van der Waals surface area contributed by atoms with Crippen molar-refractivity contribution >= 4 is 22.6 Å². The van der Waals surface area contributed by atoms with E-state index in [2.05, 4.69) is 29.5 Å². The first kappa shape index (κ1) is 13.7. The van der Waals surface area contributed by atoms with Crippen molar-refractivity contribution in [1.82, 2.24) is 0 Å². The van der Waals surface area contributed by atoms with Gasteiger partial charge in [0, 0.05) is 0 Å². The third kappa shape index (κ3) is 4.18. The van der Waals surface area contributed by atoms with Gasteiger partial charge < -0.3 is 0 Å². The Morgan fingerprint density at radius 2 is 1.62 bits per heavy atom. The normalized spacial score (nSPS) is 35.3. The molecule has 0 heterocycles. The lowest BCUT2D eigenvalue weighted by atomic mass is 9.88. The molecule has 80 valence electrons. The molecular weight excluding hydrogens is 271 g/mol. The fourth-order valence-corrected chi connectivity index (χ4v) is 2.78. The van der Waals surface area contributed by atoms with Gasteiger partial charge in [-0.15, -0.1) is 0 Å². The smallest absolute Gasteiger partial charge is 0.0121 e. The van der Waals surface area contributed by atoms with Gasteiger partial charge in [0.05, 0.1) is 0 Å². The largest absolute Gasteiger partial charge is 0.0901 e. The summed E-state index contributed by atoms with van der Waals surface area (Å²) < 4.78 is 0. The zero-order valence-corrected chi connectivity index (χ0v) is 11.8. The molecule has 13 heavy (non-hydrogen) atoms. The Hall–Kier alpha value is 0.730. The maximum atomic E-state index is 2.44. The number of rotatable bonds is 0. The molecule has 3 unspecified atom stereocenters. The predicted molar refractivity (Wildman–Crippen MR) is 70.5 cm³/mol. The standard InChI is InChI=1S/C9H16.C2H6.CH3I/c1-7-5-8-3-2-4-9(7)6-8;2*1-2/h7-9H,2-6H2,1H3;1-2H3;1H3. The first-order valence-electron chi connectivity index (χ1n) is 5.74. The topological polar surface area (TPSA) is 0 Å². The molecule has 0 aromatic carbocycles. The molecule has 2 rings (SSSR count). The van der Waals surface area contributed by atoms with Crippen molar-refractivity contribution in [2.45, 2.75) is 52.9 Å². The van der Waals surface area contributed by atoms with E-state index in [0.717, 1.165) is 17.8 Å². The van der Waals surface area contributed by atoms with Gasteiger partial charge in [0.2, 0.25) is 0 Å². The van der Waals surface area contributed by atoms with E-state index in [1.807, 2.05) is 18.8 Å². The van der Waals surface area contributed by atoms with Crippen LogP contribution >= 0.6 is 22.6 Å². The van der Waals surface area contributed by atoms with Crippen molar-refractivity contribution < 1.29 is 0 Å². The monoisotopic (exact) mass is 296 g/mol. The van der Waals surface area contributed by atoms with Gasteiger partial charge in [0.15, 0.2) is 0 Å². The van der Waals surface area contributed by atoms with E-state index in [0.29, 0.717) is 0 Å². The van der Waals surface area contributed by atoms with Gasteiger partial charge in [0.1, 0.15) is 0 Å². The lowest BCUT2D eigenvalue weighted by Crippen LogP contribution is -2.06. The van der Waals surface area contributed by atoms with Crippen LogP contribution in [0.25, 0.3) is 0 Å². The van der Waals surface area contributed by atoms with Crippen LogP contribution in [-0.2, 0) is 0 Å². The Labute approximate surface area is 98.0 Å². The van der Waals surface area contributed by atoms with Gasteiger partial charge in [-0.05, 0) is 35.5 Å². The summed E-state index contributed by atoms with van der Waals surface area (Å²) in [6.07, 6.45) is 7.73. The zero-order valence-electron chi connectivity index (χ0n) is 9.65. The summed E-state index contributed by atoms with van der Waals surface area (Å²) in [6.45, 7) is 6.44. The minimum absolute atomic E-state index is 1.07. The number of hydrogen-bond acceptors (Lipinski definition) is 0. The molecule has 2 fully saturated rings. The molecule has 2 saturated carbocycles. The molecule has 2 aliphatic rings. The van der Waals surface area contributed by atoms with Crippen LogP contribution in [0.4, 0.5) is 0 Å². The highest BCUT2D eigenvalue weighted by molar-refractivity contribution is 14.1. The van der Waals surface area contributed by atoms with Crippen LogP contribution in [0.5, 0.6) is 0 Å². The van der Waals surface area contributed by atoms with E-state index in [4.69, 9.17) is 0 Å². The minimum atomic E-state index is 1.07. The second-order valence-corrected chi connectivity index (χ2v) is 4.01. The molecule has 0 aromatic heterocycles. The van der Waals surface area contributed by atoms with E-state index in [-0.39, 0.29) is 0 Å². The molecule has 0 saturated heterocycles. The number of hydrogen-bond donors (Lipinski definition) is 0. The van der Waals surface area contributed by atoms with E-state index >= 15 is 0 Å². The van der Waals surface area contributed by atoms with Crippen LogP contribution in [-0.4, -0.2) is 4.93 Å². The second-order valence-electron chi connectivity index (χ2n) is 4.01. The van der Waals surface area contributed by atoms with Gasteiger partial charge in [-0.25, -0.2) is 0 Å². The first-order chi connectivity index (χ1) is 6.36. The highest BCUT2D eigenvalue weighted by Crippen LogP contribution is 2.45. The second kappa shape index (κ2) is 8.07. The fourth-order valence-electron chi connectivity index (χ4n) is 2.78. The summed E-state index contributed by atoms with van der Waals surface area (Å²) in [7, 11) is 0. The van der Waals surface area contributed by atoms with E-state index in [9.17, 15) is 0 Å². The molecule has 1 heteroatoms. The lowest BCUT2D eigenvalue weighted by Gasteiger charge is -2.18. The average Bonchev–Trinajstić information content (AvgIpc) is 2.47. The van der Waals surface area contributed by atoms with Crippen LogP contribution in [0.1, 0.15) is 52.9 Å². The fraction of sp³-hybridized carbons (Fsp3) is 1.00. The molecule has 0 N–H and O–H groups in total. The van der Waals surface area contributed by atoms with Gasteiger partial charge in [-0.3, -0.25) is 0 Å². The van der Waals surface area contributed by atoms with E-state index in [1.165, 1.54) is 12.8 Å². The van der Waals surface area contributed by atoms with Crippen molar-refractivity contribution in [3.05, 3.63) is 0 Å². The average molecular weight is 296 g/mol.